The largest absolute Gasteiger partial charge is 0.373 e. The summed E-state index contributed by atoms with van der Waals surface area (Å²) in [7, 11) is 1.90. The number of hydrogen-bond donors (Lipinski definition) is 1. The Morgan fingerprint density at radius 2 is 1.65 bits per heavy atom. The normalized spacial score (nSPS) is 11.5. The second kappa shape index (κ2) is 5.52. The van der Waals surface area contributed by atoms with E-state index in [2.05, 4.69) is 66.1 Å². The molecule has 0 aliphatic carbocycles. The summed E-state index contributed by atoms with van der Waals surface area (Å²) in [4.78, 5) is 9.42. The lowest BCUT2D eigenvalue weighted by molar-refractivity contribution is 0.546. The van der Waals surface area contributed by atoms with Gasteiger partial charge in [-0.25, -0.2) is 9.97 Å². The van der Waals surface area contributed by atoms with E-state index in [0.29, 0.717) is 0 Å². The minimum Gasteiger partial charge on any atom is -0.373 e. The third-order valence-corrected chi connectivity index (χ3v) is 3.70. The molecule has 0 aliphatic rings. The van der Waals surface area contributed by atoms with Crippen LogP contribution in [-0.4, -0.2) is 17.0 Å². The van der Waals surface area contributed by atoms with Crippen LogP contribution in [0.2, 0.25) is 0 Å². The Hall–Kier alpha value is -1.42. The quantitative estimate of drug-likeness (QED) is 0.875. The number of aromatic nitrogens is 2. The Balaban J connectivity index is 2.65. The highest BCUT2D eigenvalue weighted by atomic mass is 79.9. The van der Waals surface area contributed by atoms with Crippen molar-refractivity contribution in [2.24, 2.45) is 0 Å². The van der Waals surface area contributed by atoms with Gasteiger partial charge in [0.05, 0.1) is 5.69 Å². The maximum atomic E-state index is 4.79. The minimum atomic E-state index is -0.0799. The van der Waals surface area contributed by atoms with E-state index in [9.17, 15) is 0 Å². The predicted octanol–water partition coefficient (Wildman–Crippen LogP) is 4.55. The molecule has 0 spiro atoms. The van der Waals surface area contributed by atoms with E-state index in [4.69, 9.17) is 4.98 Å². The molecule has 0 saturated carbocycles. The molecule has 4 heteroatoms. The van der Waals surface area contributed by atoms with Gasteiger partial charge >= 0.3 is 0 Å². The van der Waals surface area contributed by atoms with Crippen LogP contribution in [-0.2, 0) is 5.41 Å². The molecule has 0 amide bonds. The highest BCUT2D eigenvalue weighted by Gasteiger charge is 2.21. The number of benzene rings is 1. The predicted molar refractivity (Wildman–Crippen MR) is 88.2 cm³/mol. The molecular weight excluding hydrogens is 314 g/mol. The first-order valence-electron chi connectivity index (χ1n) is 6.65. The van der Waals surface area contributed by atoms with Crippen molar-refractivity contribution in [2.45, 2.75) is 33.1 Å². The van der Waals surface area contributed by atoms with Crippen LogP contribution in [0.5, 0.6) is 0 Å². The van der Waals surface area contributed by atoms with Gasteiger partial charge in [-0.05, 0) is 19.1 Å². The van der Waals surface area contributed by atoms with Crippen LogP contribution in [0.4, 0.5) is 5.82 Å². The van der Waals surface area contributed by atoms with Crippen LogP contribution in [0.3, 0.4) is 0 Å². The SMILES string of the molecule is CNc1nc(C(C)(C)C)nc(-c2ccc(Br)cc2)c1C. The fourth-order valence-corrected chi connectivity index (χ4v) is 2.25. The van der Waals surface area contributed by atoms with E-state index < -0.39 is 0 Å². The van der Waals surface area contributed by atoms with Crippen molar-refractivity contribution in [3.05, 3.63) is 40.1 Å². The smallest absolute Gasteiger partial charge is 0.136 e. The van der Waals surface area contributed by atoms with E-state index in [1.165, 1.54) is 0 Å². The Kier molecular flexibility index (Phi) is 4.14. The summed E-state index contributed by atoms with van der Waals surface area (Å²) in [5.41, 5.74) is 3.09. The van der Waals surface area contributed by atoms with E-state index in [-0.39, 0.29) is 5.41 Å². The van der Waals surface area contributed by atoms with E-state index >= 15 is 0 Å². The van der Waals surface area contributed by atoms with Crippen LogP contribution in [0.15, 0.2) is 28.7 Å². The maximum Gasteiger partial charge on any atom is 0.136 e. The molecule has 106 valence electrons. The van der Waals surface area contributed by atoms with Crippen molar-refractivity contribution in [3.8, 4) is 11.3 Å². The number of halogens is 1. The fourth-order valence-electron chi connectivity index (χ4n) is 1.98. The molecule has 3 nitrogen and oxygen atoms in total. The van der Waals surface area contributed by atoms with Crippen LogP contribution in [0, 0.1) is 6.92 Å². The van der Waals surface area contributed by atoms with Crippen molar-refractivity contribution in [1.82, 2.24) is 9.97 Å². The van der Waals surface area contributed by atoms with Gasteiger partial charge in [-0.15, -0.1) is 0 Å². The van der Waals surface area contributed by atoms with Crippen LogP contribution < -0.4 is 5.32 Å². The summed E-state index contributed by atoms with van der Waals surface area (Å²) in [6.07, 6.45) is 0. The Morgan fingerprint density at radius 3 is 2.15 bits per heavy atom. The summed E-state index contributed by atoms with van der Waals surface area (Å²) >= 11 is 3.47. The van der Waals surface area contributed by atoms with E-state index in [0.717, 1.165) is 32.9 Å². The average Bonchev–Trinajstić information content (AvgIpc) is 2.39. The molecule has 0 unspecified atom stereocenters. The van der Waals surface area contributed by atoms with Crippen molar-refractivity contribution in [2.75, 3.05) is 12.4 Å². The van der Waals surface area contributed by atoms with Gasteiger partial charge in [0, 0.05) is 28.1 Å². The van der Waals surface area contributed by atoms with Gasteiger partial charge in [-0.2, -0.15) is 0 Å². The molecule has 20 heavy (non-hydrogen) atoms. The van der Waals surface area contributed by atoms with Gasteiger partial charge in [0.25, 0.3) is 0 Å². The molecule has 2 rings (SSSR count). The molecular formula is C16H20BrN3. The molecule has 1 aromatic carbocycles. The third-order valence-electron chi connectivity index (χ3n) is 3.17. The lowest BCUT2D eigenvalue weighted by Crippen LogP contribution is -2.18. The molecule has 1 N–H and O–H groups in total. The standard InChI is InChI=1S/C16H20BrN3/c1-10-13(11-6-8-12(17)9-7-11)19-15(16(2,3)4)20-14(10)18-5/h6-9H,1-5H3,(H,18,19,20). The second-order valence-electron chi connectivity index (χ2n) is 5.88. The van der Waals surface area contributed by atoms with Gasteiger partial charge in [0.1, 0.15) is 11.6 Å². The highest BCUT2D eigenvalue weighted by Crippen LogP contribution is 2.30. The zero-order valence-corrected chi connectivity index (χ0v) is 14.2. The van der Waals surface area contributed by atoms with Crippen molar-refractivity contribution in [1.29, 1.82) is 0 Å². The minimum absolute atomic E-state index is 0.0799. The molecule has 0 radical (unpaired) electrons. The summed E-state index contributed by atoms with van der Waals surface area (Å²) in [6.45, 7) is 8.43. The van der Waals surface area contributed by atoms with Crippen LogP contribution in [0.1, 0.15) is 32.2 Å². The van der Waals surface area contributed by atoms with Crippen LogP contribution in [0.25, 0.3) is 11.3 Å². The molecule has 1 aromatic heterocycles. The zero-order chi connectivity index (χ0) is 14.9. The fraction of sp³-hybridized carbons (Fsp3) is 0.375. The third kappa shape index (κ3) is 3.01. The Labute approximate surface area is 129 Å². The number of nitrogens with one attached hydrogen (secondary N) is 1. The Bertz CT molecular complexity index is 613. The van der Waals surface area contributed by atoms with Crippen molar-refractivity contribution in [3.63, 3.8) is 0 Å². The van der Waals surface area contributed by atoms with Gasteiger partial charge in [0.15, 0.2) is 0 Å². The first-order valence-corrected chi connectivity index (χ1v) is 7.45. The van der Waals surface area contributed by atoms with Crippen molar-refractivity contribution < 1.29 is 0 Å². The van der Waals surface area contributed by atoms with Gasteiger partial charge in [0.2, 0.25) is 0 Å². The van der Waals surface area contributed by atoms with E-state index in [1.807, 2.05) is 19.2 Å². The first kappa shape index (κ1) is 15.0. The van der Waals surface area contributed by atoms with Crippen LogP contribution >= 0.6 is 15.9 Å². The molecule has 0 fully saturated rings. The molecule has 2 aromatic rings. The first-order chi connectivity index (χ1) is 9.32. The summed E-state index contributed by atoms with van der Waals surface area (Å²) in [5.74, 6) is 1.74. The second-order valence-corrected chi connectivity index (χ2v) is 6.79. The van der Waals surface area contributed by atoms with Crippen molar-refractivity contribution >= 4 is 21.7 Å². The topological polar surface area (TPSA) is 37.8 Å². The number of rotatable bonds is 2. The lowest BCUT2D eigenvalue weighted by Gasteiger charge is -2.20. The highest BCUT2D eigenvalue weighted by molar-refractivity contribution is 9.10. The van der Waals surface area contributed by atoms with Gasteiger partial charge < -0.3 is 5.32 Å². The maximum absolute atomic E-state index is 4.79. The average molecular weight is 334 g/mol. The number of nitrogens with zero attached hydrogens (tertiary/aromatic N) is 2. The monoisotopic (exact) mass is 333 g/mol. The van der Waals surface area contributed by atoms with Gasteiger partial charge in [-0.3, -0.25) is 0 Å². The van der Waals surface area contributed by atoms with E-state index in [1.54, 1.807) is 0 Å². The summed E-state index contributed by atoms with van der Waals surface area (Å²) < 4.78 is 1.07. The lowest BCUT2D eigenvalue weighted by atomic mass is 9.95. The number of hydrogen-bond acceptors (Lipinski definition) is 3. The zero-order valence-electron chi connectivity index (χ0n) is 12.6. The molecule has 0 aliphatic heterocycles. The molecule has 0 bridgehead atoms. The molecule has 1 heterocycles. The molecule has 0 saturated heterocycles. The summed E-state index contributed by atoms with van der Waals surface area (Å²) in [6, 6.07) is 8.22. The summed E-state index contributed by atoms with van der Waals surface area (Å²) in [5, 5.41) is 3.17. The number of anilines is 1. The molecule has 0 atom stereocenters. The Morgan fingerprint density at radius 1 is 1.05 bits per heavy atom. The van der Waals surface area contributed by atoms with Gasteiger partial charge in [-0.1, -0.05) is 48.8 Å².